The van der Waals surface area contributed by atoms with E-state index in [1.54, 1.807) is 16.8 Å². The Kier molecular flexibility index (Phi) is 2.75. The average Bonchev–Trinajstić information content (AvgIpc) is 2.74. The second-order valence-electron chi connectivity index (χ2n) is 3.40. The number of hydrogen-bond acceptors (Lipinski definition) is 5. The van der Waals surface area contributed by atoms with Gasteiger partial charge in [0.2, 0.25) is 5.13 Å². The number of likely N-dealkylation sites (N-methyl/N-ethyl adjacent to an activating group) is 1. The molecule has 0 aromatic carbocycles. The summed E-state index contributed by atoms with van der Waals surface area (Å²) in [6, 6.07) is 0.633. The number of nitrogens with one attached hydrogen (secondary N) is 1. The van der Waals surface area contributed by atoms with E-state index >= 15 is 0 Å². The molecule has 2 rings (SSSR count). The van der Waals surface area contributed by atoms with E-state index in [-0.39, 0.29) is 0 Å². The largest absolute Gasteiger partial charge is 0.348 e. The van der Waals surface area contributed by atoms with Gasteiger partial charge in [0.15, 0.2) is 0 Å². The van der Waals surface area contributed by atoms with E-state index in [4.69, 9.17) is 0 Å². The van der Waals surface area contributed by atoms with E-state index in [9.17, 15) is 0 Å². The maximum Gasteiger partial charge on any atom is 0.207 e. The summed E-state index contributed by atoms with van der Waals surface area (Å²) in [6.07, 6.45) is 2.58. The number of aromatic nitrogens is 2. The Hall–Kier alpha value is -0.680. The Morgan fingerprint density at radius 2 is 2.69 bits per heavy atom. The number of rotatable bonds is 3. The molecule has 4 nitrogen and oxygen atoms in total. The number of anilines is 1. The molecule has 0 bridgehead atoms. The predicted octanol–water partition coefficient (Wildman–Crippen LogP) is 0.726. The second kappa shape index (κ2) is 4.02. The molecule has 2 heterocycles. The molecule has 0 spiro atoms. The van der Waals surface area contributed by atoms with Gasteiger partial charge in [-0.1, -0.05) is 11.3 Å². The summed E-state index contributed by atoms with van der Waals surface area (Å²) in [5, 5.41) is 12.3. The van der Waals surface area contributed by atoms with Gasteiger partial charge >= 0.3 is 0 Å². The van der Waals surface area contributed by atoms with Gasteiger partial charge < -0.3 is 10.2 Å². The highest BCUT2D eigenvalue weighted by Crippen LogP contribution is 2.15. The molecule has 1 aromatic heterocycles. The van der Waals surface area contributed by atoms with E-state index in [1.807, 2.05) is 0 Å². The van der Waals surface area contributed by atoms with Gasteiger partial charge in [-0.25, -0.2) is 0 Å². The Morgan fingerprint density at radius 1 is 1.77 bits per heavy atom. The minimum atomic E-state index is 0.633. The van der Waals surface area contributed by atoms with Gasteiger partial charge in [-0.3, -0.25) is 0 Å². The Morgan fingerprint density at radius 3 is 3.31 bits per heavy atom. The minimum absolute atomic E-state index is 0.633. The van der Waals surface area contributed by atoms with Gasteiger partial charge in [-0.15, -0.1) is 10.2 Å². The van der Waals surface area contributed by atoms with Crippen LogP contribution in [0.25, 0.3) is 0 Å². The Bertz CT molecular complexity index is 243. The van der Waals surface area contributed by atoms with Crippen LogP contribution < -0.4 is 10.2 Å². The van der Waals surface area contributed by atoms with Crippen LogP contribution in [0.1, 0.15) is 12.8 Å². The summed E-state index contributed by atoms with van der Waals surface area (Å²) in [7, 11) is 2.07. The van der Waals surface area contributed by atoms with E-state index in [0.29, 0.717) is 6.04 Å². The van der Waals surface area contributed by atoms with E-state index in [0.717, 1.165) is 18.2 Å². The smallest absolute Gasteiger partial charge is 0.207 e. The highest BCUT2D eigenvalue weighted by atomic mass is 32.1. The van der Waals surface area contributed by atoms with Crippen molar-refractivity contribution in [3.05, 3.63) is 5.51 Å². The number of nitrogens with zero attached hydrogens (tertiary/aromatic N) is 3. The van der Waals surface area contributed by atoms with Crippen molar-refractivity contribution in [2.24, 2.45) is 0 Å². The minimum Gasteiger partial charge on any atom is -0.348 e. The average molecular weight is 198 g/mol. The summed E-state index contributed by atoms with van der Waals surface area (Å²) < 4.78 is 0. The third-order valence-electron chi connectivity index (χ3n) is 2.33. The maximum atomic E-state index is 4.02. The van der Waals surface area contributed by atoms with Gasteiger partial charge in [0.25, 0.3) is 0 Å². The van der Waals surface area contributed by atoms with Crippen LogP contribution in [-0.4, -0.2) is 36.4 Å². The number of hydrogen-bond donors (Lipinski definition) is 1. The van der Waals surface area contributed by atoms with Crippen molar-refractivity contribution >= 4 is 16.5 Å². The van der Waals surface area contributed by atoms with Crippen LogP contribution in [0.5, 0.6) is 0 Å². The van der Waals surface area contributed by atoms with Crippen LogP contribution in [-0.2, 0) is 0 Å². The molecule has 0 radical (unpaired) electrons. The molecular weight excluding hydrogens is 184 g/mol. The molecule has 1 atom stereocenters. The van der Waals surface area contributed by atoms with Gasteiger partial charge in [0, 0.05) is 19.6 Å². The zero-order chi connectivity index (χ0) is 9.10. The van der Waals surface area contributed by atoms with Crippen LogP contribution >= 0.6 is 11.3 Å². The SMILES string of the molecule is CN(CC1CCCN1)c1nncs1. The van der Waals surface area contributed by atoms with Crippen LogP contribution in [0.2, 0.25) is 0 Å². The lowest BCUT2D eigenvalue weighted by Crippen LogP contribution is -2.35. The first kappa shape index (κ1) is 8.90. The molecular formula is C8H14N4S. The quantitative estimate of drug-likeness (QED) is 0.777. The van der Waals surface area contributed by atoms with Crippen molar-refractivity contribution in [1.29, 1.82) is 0 Å². The molecule has 0 saturated carbocycles. The standard InChI is InChI=1S/C8H14N4S/c1-12(8-11-10-6-13-8)5-7-3-2-4-9-7/h6-7,9H,2-5H2,1H3. The van der Waals surface area contributed by atoms with Crippen molar-refractivity contribution in [3.8, 4) is 0 Å². The van der Waals surface area contributed by atoms with Crippen molar-refractivity contribution < 1.29 is 0 Å². The molecule has 0 aliphatic carbocycles. The third-order valence-corrected chi connectivity index (χ3v) is 3.14. The molecule has 1 aliphatic rings. The molecule has 1 aromatic rings. The van der Waals surface area contributed by atoms with Gasteiger partial charge in [-0.2, -0.15) is 0 Å². The van der Waals surface area contributed by atoms with Crippen LogP contribution in [0.15, 0.2) is 5.51 Å². The first-order valence-corrected chi connectivity index (χ1v) is 5.45. The predicted molar refractivity (Wildman–Crippen MR) is 54.2 cm³/mol. The van der Waals surface area contributed by atoms with Crippen molar-refractivity contribution in [2.45, 2.75) is 18.9 Å². The summed E-state index contributed by atoms with van der Waals surface area (Å²) in [6.45, 7) is 2.20. The zero-order valence-electron chi connectivity index (χ0n) is 7.73. The van der Waals surface area contributed by atoms with Gasteiger partial charge in [-0.05, 0) is 19.4 Å². The molecule has 1 saturated heterocycles. The fourth-order valence-corrected chi connectivity index (χ4v) is 2.19. The lowest BCUT2D eigenvalue weighted by molar-refractivity contribution is 0.598. The molecule has 72 valence electrons. The summed E-state index contributed by atoms with van der Waals surface area (Å²) in [5.74, 6) is 0. The fourth-order valence-electron chi connectivity index (χ4n) is 1.65. The highest BCUT2D eigenvalue weighted by Gasteiger charge is 2.16. The molecule has 1 N–H and O–H groups in total. The van der Waals surface area contributed by atoms with Crippen molar-refractivity contribution in [3.63, 3.8) is 0 Å². The van der Waals surface area contributed by atoms with Gasteiger partial charge in [0.05, 0.1) is 0 Å². The third kappa shape index (κ3) is 2.16. The lowest BCUT2D eigenvalue weighted by Gasteiger charge is -2.19. The molecule has 5 heteroatoms. The molecule has 0 amide bonds. The van der Waals surface area contributed by atoms with Gasteiger partial charge in [0.1, 0.15) is 5.51 Å². The zero-order valence-corrected chi connectivity index (χ0v) is 8.55. The monoisotopic (exact) mass is 198 g/mol. The van der Waals surface area contributed by atoms with Crippen LogP contribution in [0.4, 0.5) is 5.13 Å². The van der Waals surface area contributed by atoms with E-state index < -0.39 is 0 Å². The first-order valence-electron chi connectivity index (χ1n) is 4.57. The lowest BCUT2D eigenvalue weighted by atomic mass is 10.2. The summed E-state index contributed by atoms with van der Waals surface area (Å²) in [5.41, 5.74) is 1.77. The topological polar surface area (TPSA) is 41.0 Å². The highest BCUT2D eigenvalue weighted by molar-refractivity contribution is 7.13. The van der Waals surface area contributed by atoms with Crippen LogP contribution in [0, 0.1) is 0 Å². The van der Waals surface area contributed by atoms with E-state index in [2.05, 4.69) is 27.5 Å². The molecule has 1 fully saturated rings. The normalized spacial score (nSPS) is 22.1. The van der Waals surface area contributed by atoms with E-state index in [1.165, 1.54) is 12.8 Å². The maximum absolute atomic E-state index is 4.02. The first-order chi connectivity index (χ1) is 6.36. The summed E-state index contributed by atoms with van der Waals surface area (Å²) in [4.78, 5) is 2.17. The van der Waals surface area contributed by atoms with Crippen LogP contribution in [0.3, 0.4) is 0 Å². The second-order valence-corrected chi connectivity index (χ2v) is 4.21. The van der Waals surface area contributed by atoms with Crippen molar-refractivity contribution in [1.82, 2.24) is 15.5 Å². The molecule has 1 unspecified atom stereocenters. The summed E-state index contributed by atoms with van der Waals surface area (Å²) >= 11 is 1.59. The Labute approximate surface area is 82.0 Å². The Balaban J connectivity index is 1.87. The fraction of sp³-hybridized carbons (Fsp3) is 0.750. The molecule has 1 aliphatic heterocycles. The van der Waals surface area contributed by atoms with Crippen molar-refractivity contribution in [2.75, 3.05) is 25.0 Å². The molecule has 13 heavy (non-hydrogen) atoms.